The van der Waals surface area contributed by atoms with E-state index in [0.29, 0.717) is 12.1 Å². The van der Waals surface area contributed by atoms with E-state index in [2.05, 4.69) is 25.7 Å². The molecular weight excluding hydrogens is 138 g/mol. The van der Waals surface area contributed by atoms with Crippen LogP contribution in [0.3, 0.4) is 0 Å². The Hall–Kier alpha value is -0.0800. The maximum Gasteiger partial charge on any atom is 0.0682 e. The third-order valence-corrected chi connectivity index (χ3v) is 2.57. The lowest BCUT2D eigenvalue weighted by atomic mass is 10.1. The summed E-state index contributed by atoms with van der Waals surface area (Å²) in [5, 5.41) is 9.41. The number of hydrogen-bond donors (Lipinski definition) is 1. The molecule has 1 rings (SSSR count). The summed E-state index contributed by atoms with van der Waals surface area (Å²) in [6.07, 6.45) is 2.05. The van der Waals surface area contributed by atoms with Crippen molar-refractivity contribution in [2.45, 2.75) is 51.8 Å². The highest BCUT2D eigenvalue weighted by Gasteiger charge is 2.30. The minimum Gasteiger partial charge on any atom is -0.392 e. The van der Waals surface area contributed by atoms with Gasteiger partial charge < -0.3 is 5.11 Å². The Morgan fingerprint density at radius 3 is 2.55 bits per heavy atom. The van der Waals surface area contributed by atoms with Gasteiger partial charge in [0.05, 0.1) is 6.10 Å². The van der Waals surface area contributed by atoms with Crippen molar-refractivity contribution in [2.24, 2.45) is 0 Å². The number of hydrogen-bond acceptors (Lipinski definition) is 2. The molecule has 0 spiro atoms. The van der Waals surface area contributed by atoms with E-state index in [1.54, 1.807) is 0 Å². The third-order valence-electron chi connectivity index (χ3n) is 2.57. The standard InChI is InChI=1S/C9H19NO/c1-4-8-5-9(11)6-10(8)7(2)3/h7-9,11H,4-6H2,1-3H3/t8?,9-/m0/s1. The van der Waals surface area contributed by atoms with E-state index in [-0.39, 0.29) is 6.10 Å². The highest BCUT2D eigenvalue weighted by molar-refractivity contribution is 4.85. The predicted octanol–water partition coefficient (Wildman–Crippen LogP) is 1.24. The number of likely N-dealkylation sites (tertiary alicyclic amines) is 1. The largest absolute Gasteiger partial charge is 0.392 e. The average Bonchev–Trinajstić information content (AvgIpc) is 2.30. The van der Waals surface area contributed by atoms with E-state index in [4.69, 9.17) is 0 Å². The Kier molecular flexibility index (Phi) is 2.90. The van der Waals surface area contributed by atoms with E-state index in [1.807, 2.05) is 0 Å². The fourth-order valence-electron chi connectivity index (χ4n) is 1.95. The quantitative estimate of drug-likeness (QED) is 0.652. The second-order valence-corrected chi connectivity index (χ2v) is 3.74. The molecular formula is C9H19NO. The summed E-state index contributed by atoms with van der Waals surface area (Å²) in [5.74, 6) is 0. The highest BCUT2D eigenvalue weighted by atomic mass is 16.3. The fraction of sp³-hybridized carbons (Fsp3) is 1.00. The van der Waals surface area contributed by atoms with Crippen molar-refractivity contribution in [2.75, 3.05) is 6.54 Å². The van der Waals surface area contributed by atoms with Crippen LogP contribution in [0.1, 0.15) is 33.6 Å². The zero-order valence-electron chi connectivity index (χ0n) is 7.75. The maximum absolute atomic E-state index is 9.41. The van der Waals surface area contributed by atoms with Crippen LogP contribution in [-0.4, -0.2) is 34.7 Å². The van der Waals surface area contributed by atoms with Gasteiger partial charge in [0.2, 0.25) is 0 Å². The fourth-order valence-corrected chi connectivity index (χ4v) is 1.95. The summed E-state index contributed by atoms with van der Waals surface area (Å²) in [6, 6.07) is 1.20. The van der Waals surface area contributed by atoms with Crippen molar-refractivity contribution < 1.29 is 5.11 Å². The van der Waals surface area contributed by atoms with Crippen LogP contribution in [0.2, 0.25) is 0 Å². The number of β-amino-alcohol motifs (C(OH)–C–C–N with tert-alkyl or cyclic N) is 1. The van der Waals surface area contributed by atoms with Gasteiger partial charge in [0, 0.05) is 18.6 Å². The predicted molar refractivity (Wildman–Crippen MR) is 46.5 cm³/mol. The molecule has 2 heteroatoms. The number of aliphatic hydroxyl groups is 1. The number of nitrogens with zero attached hydrogens (tertiary/aromatic N) is 1. The molecule has 0 amide bonds. The van der Waals surface area contributed by atoms with Gasteiger partial charge in [-0.05, 0) is 26.7 Å². The van der Waals surface area contributed by atoms with Gasteiger partial charge in [-0.1, -0.05) is 6.92 Å². The number of aliphatic hydroxyl groups excluding tert-OH is 1. The summed E-state index contributed by atoms with van der Waals surface area (Å²) in [6.45, 7) is 7.45. The molecule has 0 aromatic carbocycles. The van der Waals surface area contributed by atoms with Crippen LogP contribution in [0.5, 0.6) is 0 Å². The molecule has 0 radical (unpaired) electrons. The molecule has 0 aromatic heterocycles. The lowest BCUT2D eigenvalue weighted by Gasteiger charge is -2.26. The van der Waals surface area contributed by atoms with Crippen LogP contribution in [0.15, 0.2) is 0 Å². The molecule has 1 aliphatic rings. The first-order valence-electron chi connectivity index (χ1n) is 4.59. The molecule has 1 unspecified atom stereocenters. The van der Waals surface area contributed by atoms with E-state index >= 15 is 0 Å². The van der Waals surface area contributed by atoms with Crippen LogP contribution >= 0.6 is 0 Å². The monoisotopic (exact) mass is 157 g/mol. The van der Waals surface area contributed by atoms with Crippen molar-refractivity contribution in [3.63, 3.8) is 0 Å². The van der Waals surface area contributed by atoms with Crippen LogP contribution in [-0.2, 0) is 0 Å². The van der Waals surface area contributed by atoms with Gasteiger partial charge >= 0.3 is 0 Å². The molecule has 11 heavy (non-hydrogen) atoms. The van der Waals surface area contributed by atoms with E-state index in [0.717, 1.165) is 19.4 Å². The average molecular weight is 157 g/mol. The van der Waals surface area contributed by atoms with Crippen molar-refractivity contribution >= 4 is 0 Å². The number of rotatable bonds is 2. The Bertz CT molecular complexity index is 125. The zero-order chi connectivity index (χ0) is 8.43. The minimum absolute atomic E-state index is 0.0812. The van der Waals surface area contributed by atoms with Crippen LogP contribution in [0, 0.1) is 0 Å². The highest BCUT2D eigenvalue weighted by Crippen LogP contribution is 2.22. The Morgan fingerprint density at radius 1 is 1.55 bits per heavy atom. The van der Waals surface area contributed by atoms with Gasteiger partial charge in [-0.3, -0.25) is 4.90 Å². The second-order valence-electron chi connectivity index (χ2n) is 3.74. The summed E-state index contributed by atoms with van der Waals surface area (Å²) < 4.78 is 0. The van der Waals surface area contributed by atoms with Crippen molar-refractivity contribution in [1.29, 1.82) is 0 Å². The zero-order valence-corrected chi connectivity index (χ0v) is 7.75. The lowest BCUT2D eigenvalue weighted by Crippen LogP contribution is -2.35. The second kappa shape index (κ2) is 3.55. The van der Waals surface area contributed by atoms with Crippen LogP contribution in [0.4, 0.5) is 0 Å². The normalized spacial score (nSPS) is 33.5. The molecule has 1 aliphatic heterocycles. The molecule has 66 valence electrons. The Morgan fingerprint density at radius 2 is 2.18 bits per heavy atom. The maximum atomic E-state index is 9.41. The molecule has 2 nitrogen and oxygen atoms in total. The topological polar surface area (TPSA) is 23.5 Å². The van der Waals surface area contributed by atoms with Crippen LogP contribution < -0.4 is 0 Å². The smallest absolute Gasteiger partial charge is 0.0682 e. The summed E-state index contributed by atoms with van der Waals surface area (Å²) in [5.41, 5.74) is 0. The van der Waals surface area contributed by atoms with Gasteiger partial charge in [0.1, 0.15) is 0 Å². The van der Waals surface area contributed by atoms with E-state index in [9.17, 15) is 5.11 Å². The lowest BCUT2D eigenvalue weighted by molar-refractivity contribution is 0.158. The van der Waals surface area contributed by atoms with Gasteiger partial charge in [0.15, 0.2) is 0 Å². The molecule has 1 heterocycles. The van der Waals surface area contributed by atoms with Crippen molar-refractivity contribution in [1.82, 2.24) is 4.90 Å². The van der Waals surface area contributed by atoms with Crippen molar-refractivity contribution in [3.05, 3.63) is 0 Å². The molecule has 0 aromatic rings. The molecule has 1 N–H and O–H groups in total. The van der Waals surface area contributed by atoms with Gasteiger partial charge in [-0.2, -0.15) is 0 Å². The first kappa shape index (κ1) is 9.01. The Labute approximate surface area is 69.2 Å². The van der Waals surface area contributed by atoms with E-state index < -0.39 is 0 Å². The van der Waals surface area contributed by atoms with Gasteiger partial charge in [0.25, 0.3) is 0 Å². The SMILES string of the molecule is CCC1C[C@H](O)CN1C(C)C. The van der Waals surface area contributed by atoms with Crippen LogP contribution in [0.25, 0.3) is 0 Å². The van der Waals surface area contributed by atoms with E-state index in [1.165, 1.54) is 0 Å². The minimum atomic E-state index is -0.0812. The summed E-state index contributed by atoms with van der Waals surface area (Å²) in [4.78, 5) is 2.39. The first-order chi connectivity index (χ1) is 5.15. The molecule has 0 saturated carbocycles. The summed E-state index contributed by atoms with van der Waals surface area (Å²) in [7, 11) is 0. The molecule has 0 bridgehead atoms. The molecule has 2 atom stereocenters. The van der Waals surface area contributed by atoms with Gasteiger partial charge in [-0.15, -0.1) is 0 Å². The molecule has 1 fully saturated rings. The summed E-state index contributed by atoms with van der Waals surface area (Å²) >= 11 is 0. The van der Waals surface area contributed by atoms with Gasteiger partial charge in [-0.25, -0.2) is 0 Å². The van der Waals surface area contributed by atoms with Crippen molar-refractivity contribution in [3.8, 4) is 0 Å². The Balaban J connectivity index is 2.50. The first-order valence-corrected chi connectivity index (χ1v) is 4.59. The molecule has 1 saturated heterocycles. The molecule has 0 aliphatic carbocycles. The third kappa shape index (κ3) is 1.94.